The molecular formula is C48H79NO10. The van der Waals surface area contributed by atoms with Crippen molar-refractivity contribution < 1.29 is 47.4 Å². The second-order valence-electron chi connectivity index (χ2n) is 15.1. The molecule has 2 aromatic rings. The molecule has 0 aromatic heterocycles. The fourth-order valence-corrected chi connectivity index (χ4v) is 7.05. The molecule has 336 valence electrons. The quantitative estimate of drug-likeness (QED) is 0.0650. The lowest BCUT2D eigenvalue weighted by molar-refractivity contribution is -0.0232. The third-order valence-electron chi connectivity index (χ3n) is 10.3. The van der Waals surface area contributed by atoms with Crippen LogP contribution in [-0.2, 0) is 42.6 Å². The van der Waals surface area contributed by atoms with Gasteiger partial charge in [0.15, 0.2) is 0 Å². The summed E-state index contributed by atoms with van der Waals surface area (Å²) in [4.78, 5) is 12.3. The Morgan fingerprint density at radius 3 is 1.14 bits per heavy atom. The number of hydrogen-bond acceptors (Lipinski definition) is 10. The van der Waals surface area contributed by atoms with Crippen molar-refractivity contribution in [1.82, 2.24) is 5.32 Å². The summed E-state index contributed by atoms with van der Waals surface area (Å²) < 4.78 is 50.2. The van der Waals surface area contributed by atoms with Crippen LogP contribution in [0.5, 0.6) is 0 Å². The number of unbranched alkanes of at least 4 members (excludes halogenated alkanes) is 13. The predicted octanol–water partition coefficient (Wildman–Crippen LogP) is 9.53. The summed E-state index contributed by atoms with van der Waals surface area (Å²) in [5.74, 6) is 0.0544. The molecule has 0 spiro atoms. The van der Waals surface area contributed by atoms with E-state index in [1.54, 1.807) is 0 Å². The Morgan fingerprint density at radius 2 is 0.746 bits per heavy atom. The summed E-state index contributed by atoms with van der Waals surface area (Å²) >= 11 is 0. The standard InChI is InChI=1S/C48H79NO10/c1-2-3-4-5-6-7-8-9-10-11-12-13-14-19-26-51-28-30-53-32-34-55-36-38-57-40-41-58-39-37-56-35-33-54-31-29-52-27-20-25-49-48(50)59-42-47-45-23-17-15-21-43(45)44-22-16-18-24-46(44)47/h15-18,21-24,47H,2-14,19-20,25-42H2,1H3,(H,49,50). The molecule has 0 fully saturated rings. The molecule has 3 rings (SSSR count). The molecule has 1 aliphatic rings. The first-order chi connectivity index (χ1) is 29.3. The number of rotatable bonds is 42. The number of carbonyl (C=O) groups is 1. The van der Waals surface area contributed by atoms with Crippen molar-refractivity contribution in [3.63, 3.8) is 0 Å². The van der Waals surface area contributed by atoms with Crippen LogP contribution in [0.2, 0.25) is 0 Å². The number of fused-ring (bicyclic) bond motifs is 3. The molecule has 11 heteroatoms. The van der Waals surface area contributed by atoms with Crippen LogP contribution in [-0.4, -0.2) is 125 Å². The van der Waals surface area contributed by atoms with Crippen molar-refractivity contribution in [3.8, 4) is 11.1 Å². The van der Waals surface area contributed by atoms with Crippen LogP contribution in [0, 0.1) is 0 Å². The lowest BCUT2D eigenvalue weighted by Gasteiger charge is -2.14. The van der Waals surface area contributed by atoms with Gasteiger partial charge < -0.3 is 47.9 Å². The van der Waals surface area contributed by atoms with E-state index in [4.69, 9.17) is 42.6 Å². The van der Waals surface area contributed by atoms with Crippen LogP contribution in [0.15, 0.2) is 48.5 Å². The van der Waals surface area contributed by atoms with Crippen molar-refractivity contribution in [2.24, 2.45) is 0 Å². The van der Waals surface area contributed by atoms with Gasteiger partial charge in [-0.05, 0) is 35.1 Å². The van der Waals surface area contributed by atoms with Gasteiger partial charge in [0.25, 0.3) is 0 Å². The highest BCUT2D eigenvalue weighted by Gasteiger charge is 2.28. The van der Waals surface area contributed by atoms with Gasteiger partial charge in [0.2, 0.25) is 0 Å². The lowest BCUT2D eigenvalue weighted by atomic mass is 9.98. The van der Waals surface area contributed by atoms with Gasteiger partial charge in [-0.1, -0.05) is 139 Å². The number of benzene rings is 2. The highest BCUT2D eigenvalue weighted by Crippen LogP contribution is 2.44. The number of hydrogen-bond donors (Lipinski definition) is 1. The van der Waals surface area contributed by atoms with Gasteiger partial charge in [-0.15, -0.1) is 0 Å². The van der Waals surface area contributed by atoms with Crippen LogP contribution in [0.3, 0.4) is 0 Å². The Hall–Kier alpha value is -2.61. The molecule has 11 nitrogen and oxygen atoms in total. The highest BCUT2D eigenvalue weighted by atomic mass is 16.6. The van der Waals surface area contributed by atoms with Crippen LogP contribution in [0.4, 0.5) is 4.79 Å². The molecule has 0 unspecified atom stereocenters. The molecule has 0 radical (unpaired) electrons. The molecular weight excluding hydrogens is 751 g/mol. The second-order valence-corrected chi connectivity index (χ2v) is 15.1. The van der Waals surface area contributed by atoms with E-state index in [-0.39, 0.29) is 5.92 Å². The van der Waals surface area contributed by atoms with E-state index in [1.165, 1.54) is 106 Å². The Balaban J connectivity index is 0.923. The number of carbonyl (C=O) groups excluding carboxylic acids is 1. The topological polar surface area (TPSA) is 112 Å². The van der Waals surface area contributed by atoms with E-state index < -0.39 is 6.09 Å². The predicted molar refractivity (Wildman–Crippen MR) is 235 cm³/mol. The van der Waals surface area contributed by atoms with E-state index in [2.05, 4.69) is 36.5 Å². The Labute approximate surface area is 356 Å². The molecule has 0 atom stereocenters. The number of ether oxygens (including phenoxy) is 9. The average Bonchev–Trinajstić information content (AvgIpc) is 3.58. The zero-order chi connectivity index (χ0) is 41.5. The smallest absolute Gasteiger partial charge is 0.407 e. The maximum absolute atomic E-state index is 12.3. The largest absolute Gasteiger partial charge is 0.449 e. The molecule has 1 aliphatic carbocycles. The number of amides is 1. The van der Waals surface area contributed by atoms with E-state index in [1.807, 2.05) is 24.3 Å². The van der Waals surface area contributed by atoms with Crippen molar-refractivity contribution in [2.75, 3.05) is 119 Å². The molecule has 1 N–H and O–H groups in total. The van der Waals surface area contributed by atoms with Crippen LogP contribution in [0.25, 0.3) is 11.1 Å². The zero-order valence-electron chi connectivity index (χ0n) is 36.6. The first-order valence-corrected chi connectivity index (χ1v) is 23.0. The highest BCUT2D eigenvalue weighted by molar-refractivity contribution is 5.79. The van der Waals surface area contributed by atoms with Crippen LogP contribution < -0.4 is 5.32 Å². The van der Waals surface area contributed by atoms with Gasteiger partial charge in [0.1, 0.15) is 6.61 Å². The lowest BCUT2D eigenvalue weighted by Crippen LogP contribution is -2.27. The molecule has 59 heavy (non-hydrogen) atoms. The van der Waals surface area contributed by atoms with E-state index in [9.17, 15) is 4.79 Å². The maximum Gasteiger partial charge on any atom is 0.407 e. The Bertz CT molecular complexity index is 1220. The summed E-state index contributed by atoms with van der Waals surface area (Å²) in [6, 6.07) is 16.6. The molecule has 0 saturated heterocycles. The minimum Gasteiger partial charge on any atom is -0.449 e. The summed E-state index contributed by atoms with van der Waals surface area (Å²) in [5, 5.41) is 2.82. The molecule has 1 amide bonds. The van der Waals surface area contributed by atoms with Gasteiger partial charge >= 0.3 is 6.09 Å². The molecule has 0 heterocycles. The maximum atomic E-state index is 12.3. The van der Waals surface area contributed by atoms with Crippen LogP contribution >= 0.6 is 0 Å². The first kappa shape index (κ1) is 50.7. The van der Waals surface area contributed by atoms with Gasteiger partial charge in [-0.25, -0.2) is 4.79 Å². The van der Waals surface area contributed by atoms with E-state index >= 15 is 0 Å². The Kier molecular flexibility index (Phi) is 32.0. The molecule has 0 saturated carbocycles. The fourth-order valence-electron chi connectivity index (χ4n) is 7.05. The monoisotopic (exact) mass is 830 g/mol. The molecule has 0 bridgehead atoms. The third kappa shape index (κ3) is 25.7. The van der Waals surface area contributed by atoms with E-state index in [0.29, 0.717) is 119 Å². The minimum atomic E-state index is -0.408. The zero-order valence-corrected chi connectivity index (χ0v) is 36.6. The van der Waals surface area contributed by atoms with Crippen molar-refractivity contribution >= 4 is 6.09 Å². The average molecular weight is 830 g/mol. The van der Waals surface area contributed by atoms with Gasteiger partial charge in [-0.3, -0.25) is 0 Å². The Morgan fingerprint density at radius 1 is 0.424 bits per heavy atom. The molecule has 2 aromatic carbocycles. The summed E-state index contributed by atoms with van der Waals surface area (Å²) in [6.07, 6.45) is 19.5. The van der Waals surface area contributed by atoms with Gasteiger partial charge in [0.05, 0.1) is 92.5 Å². The first-order valence-electron chi connectivity index (χ1n) is 23.0. The molecule has 0 aliphatic heterocycles. The van der Waals surface area contributed by atoms with E-state index in [0.717, 1.165) is 13.0 Å². The van der Waals surface area contributed by atoms with Gasteiger partial charge in [0, 0.05) is 25.7 Å². The van der Waals surface area contributed by atoms with Crippen molar-refractivity contribution in [2.45, 2.75) is 109 Å². The van der Waals surface area contributed by atoms with Gasteiger partial charge in [-0.2, -0.15) is 0 Å². The van der Waals surface area contributed by atoms with Crippen molar-refractivity contribution in [1.29, 1.82) is 0 Å². The SMILES string of the molecule is CCCCCCCCCCCCCCCCOCCOCCOCCOCCOCCOCCOCCOCCCNC(=O)OCC1c2ccccc2-c2ccccc21. The van der Waals surface area contributed by atoms with Crippen molar-refractivity contribution in [3.05, 3.63) is 59.7 Å². The second kappa shape index (κ2) is 37.2. The summed E-state index contributed by atoms with van der Waals surface area (Å²) in [7, 11) is 0. The van der Waals surface area contributed by atoms with Crippen LogP contribution in [0.1, 0.15) is 120 Å². The normalized spacial score (nSPS) is 12.2. The number of alkyl carbamates (subject to hydrolysis) is 1. The third-order valence-corrected chi connectivity index (χ3v) is 10.3. The number of nitrogens with one attached hydrogen (secondary N) is 1. The minimum absolute atomic E-state index is 0.0544. The summed E-state index contributed by atoms with van der Waals surface area (Å²) in [6.45, 7) is 11.9. The summed E-state index contributed by atoms with van der Waals surface area (Å²) in [5.41, 5.74) is 4.83. The fraction of sp³-hybridized carbons (Fsp3) is 0.729.